The van der Waals surface area contributed by atoms with E-state index >= 15 is 0 Å². The maximum atomic E-state index is 5.93. The van der Waals surface area contributed by atoms with Crippen molar-refractivity contribution in [1.29, 1.82) is 0 Å². The van der Waals surface area contributed by atoms with E-state index in [-0.39, 0.29) is 18.4 Å². The zero-order valence-corrected chi connectivity index (χ0v) is 10.4. The van der Waals surface area contributed by atoms with Gasteiger partial charge in [0.15, 0.2) is 0 Å². The van der Waals surface area contributed by atoms with E-state index in [2.05, 4.69) is 27.4 Å². The van der Waals surface area contributed by atoms with Gasteiger partial charge in [0.2, 0.25) is 0 Å². The van der Waals surface area contributed by atoms with Crippen molar-refractivity contribution >= 4 is 39.7 Å². The van der Waals surface area contributed by atoms with Crippen LogP contribution in [0, 0.1) is 0 Å². The van der Waals surface area contributed by atoms with E-state index in [1.165, 1.54) is 4.88 Å². The Morgan fingerprint density at radius 3 is 2.69 bits per heavy atom. The van der Waals surface area contributed by atoms with Crippen LogP contribution in [0.25, 0.3) is 0 Å². The second-order valence-electron chi connectivity index (χ2n) is 2.70. The molecule has 0 saturated carbocycles. The van der Waals surface area contributed by atoms with Crippen LogP contribution < -0.4 is 11.5 Å². The molecule has 0 aliphatic rings. The molecule has 0 saturated heterocycles. The number of rotatable bonds is 4. The first-order chi connectivity index (χ1) is 5.74. The Morgan fingerprint density at radius 2 is 2.23 bits per heavy atom. The summed E-state index contributed by atoms with van der Waals surface area (Å²) < 4.78 is 1.12. The van der Waals surface area contributed by atoms with Crippen LogP contribution in [0.15, 0.2) is 15.9 Å². The summed E-state index contributed by atoms with van der Waals surface area (Å²) in [5.74, 6) is 0. The van der Waals surface area contributed by atoms with Crippen molar-refractivity contribution in [3.05, 3.63) is 20.8 Å². The molecule has 0 fully saturated rings. The van der Waals surface area contributed by atoms with Crippen molar-refractivity contribution in [2.75, 3.05) is 6.54 Å². The minimum absolute atomic E-state index is 0. The molecule has 0 unspecified atom stereocenters. The van der Waals surface area contributed by atoms with Crippen LogP contribution in [-0.4, -0.2) is 6.54 Å². The van der Waals surface area contributed by atoms with Crippen molar-refractivity contribution < 1.29 is 0 Å². The van der Waals surface area contributed by atoms with Gasteiger partial charge in [-0.15, -0.1) is 23.7 Å². The lowest BCUT2D eigenvalue weighted by Crippen LogP contribution is -2.10. The molecule has 4 N–H and O–H groups in total. The van der Waals surface area contributed by atoms with Crippen LogP contribution in [-0.2, 0) is 0 Å². The van der Waals surface area contributed by atoms with Crippen LogP contribution in [0.3, 0.4) is 0 Å². The van der Waals surface area contributed by atoms with Gasteiger partial charge in [0.25, 0.3) is 0 Å². The summed E-state index contributed by atoms with van der Waals surface area (Å²) in [5, 5.41) is 2.05. The van der Waals surface area contributed by atoms with Crippen molar-refractivity contribution in [2.45, 2.75) is 18.9 Å². The average molecular weight is 286 g/mol. The molecule has 1 atom stereocenters. The molecule has 13 heavy (non-hydrogen) atoms. The fourth-order valence-electron chi connectivity index (χ4n) is 1.00. The SMILES string of the molecule is Cl.NCCC[C@H](N)c1cc(Br)cs1. The Kier molecular flexibility index (Phi) is 6.99. The molecule has 1 heterocycles. The zero-order chi connectivity index (χ0) is 8.97. The topological polar surface area (TPSA) is 52.0 Å². The molecule has 0 aliphatic heterocycles. The molecule has 0 amide bonds. The molecule has 1 rings (SSSR count). The van der Waals surface area contributed by atoms with Gasteiger partial charge in [-0.2, -0.15) is 0 Å². The first-order valence-corrected chi connectivity index (χ1v) is 5.61. The maximum absolute atomic E-state index is 5.93. The third-order valence-electron chi connectivity index (χ3n) is 1.67. The zero-order valence-electron chi connectivity index (χ0n) is 7.20. The predicted molar refractivity (Wildman–Crippen MR) is 64.5 cm³/mol. The third-order valence-corrected chi connectivity index (χ3v) is 3.50. The highest BCUT2D eigenvalue weighted by atomic mass is 79.9. The molecular formula is C8H14BrClN2S. The van der Waals surface area contributed by atoms with E-state index in [4.69, 9.17) is 11.5 Å². The lowest BCUT2D eigenvalue weighted by molar-refractivity contribution is 0.626. The maximum Gasteiger partial charge on any atom is 0.0390 e. The molecule has 2 nitrogen and oxygen atoms in total. The van der Waals surface area contributed by atoms with Crippen LogP contribution in [0.5, 0.6) is 0 Å². The molecular weight excluding hydrogens is 272 g/mol. The van der Waals surface area contributed by atoms with Gasteiger partial charge in [0.05, 0.1) is 0 Å². The number of halogens is 2. The first kappa shape index (κ1) is 13.4. The number of thiophene rings is 1. The minimum atomic E-state index is 0. The lowest BCUT2D eigenvalue weighted by atomic mass is 10.1. The summed E-state index contributed by atoms with van der Waals surface area (Å²) in [6.07, 6.45) is 1.97. The summed E-state index contributed by atoms with van der Waals surface area (Å²) >= 11 is 5.09. The van der Waals surface area contributed by atoms with Gasteiger partial charge in [-0.05, 0) is 41.4 Å². The van der Waals surface area contributed by atoms with Crippen molar-refractivity contribution in [2.24, 2.45) is 11.5 Å². The van der Waals surface area contributed by atoms with Gasteiger partial charge in [-0.25, -0.2) is 0 Å². The normalized spacial score (nSPS) is 12.2. The molecule has 0 aromatic carbocycles. The Morgan fingerprint density at radius 1 is 1.54 bits per heavy atom. The molecule has 0 radical (unpaired) electrons. The van der Waals surface area contributed by atoms with Crippen LogP contribution in [0.4, 0.5) is 0 Å². The van der Waals surface area contributed by atoms with Gasteiger partial charge in [0, 0.05) is 20.8 Å². The highest BCUT2D eigenvalue weighted by Gasteiger charge is 2.07. The second kappa shape index (κ2) is 6.79. The predicted octanol–water partition coefficient (Wildman–Crippen LogP) is 2.67. The lowest BCUT2D eigenvalue weighted by Gasteiger charge is -2.07. The first-order valence-electron chi connectivity index (χ1n) is 3.93. The van der Waals surface area contributed by atoms with Crippen LogP contribution in [0.1, 0.15) is 23.8 Å². The summed E-state index contributed by atoms with van der Waals surface area (Å²) in [6, 6.07) is 2.23. The van der Waals surface area contributed by atoms with Crippen LogP contribution in [0.2, 0.25) is 0 Å². The molecule has 1 aromatic rings. The molecule has 1 aromatic heterocycles. The smallest absolute Gasteiger partial charge is 0.0390 e. The van der Waals surface area contributed by atoms with E-state index in [1.807, 2.05) is 0 Å². The largest absolute Gasteiger partial charge is 0.330 e. The Labute approximate surface area is 97.2 Å². The molecule has 5 heteroatoms. The number of nitrogens with two attached hydrogens (primary N) is 2. The monoisotopic (exact) mass is 284 g/mol. The quantitative estimate of drug-likeness (QED) is 0.893. The number of hydrogen-bond acceptors (Lipinski definition) is 3. The van der Waals surface area contributed by atoms with Gasteiger partial charge >= 0.3 is 0 Å². The van der Waals surface area contributed by atoms with E-state index in [1.54, 1.807) is 11.3 Å². The fraction of sp³-hybridized carbons (Fsp3) is 0.500. The molecule has 0 spiro atoms. The van der Waals surface area contributed by atoms with Crippen molar-refractivity contribution in [1.82, 2.24) is 0 Å². The van der Waals surface area contributed by atoms with Gasteiger partial charge in [-0.3, -0.25) is 0 Å². The van der Waals surface area contributed by atoms with E-state index in [9.17, 15) is 0 Å². The molecule has 0 bridgehead atoms. The third kappa shape index (κ3) is 4.42. The summed E-state index contributed by atoms with van der Waals surface area (Å²) in [4.78, 5) is 1.23. The molecule has 0 aliphatic carbocycles. The minimum Gasteiger partial charge on any atom is -0.330 e. The Bertz CT molecular complexity index is 242. The highest BCUT2D eigenvalue weighted by Crippen LogP contribution is 2.26. The highest BCUT2D eigenvalue weighted by molar-refractivity contribution is 9.10. The van der Waals surface area contributed by atoms with Gasteiger partial charge in [0.1, 0.15) is 0 Å². The fourth-order valence-corrected chi connectivity index (χ4v) is 2.49. The van der Waals surface area contributed by atoms with Gasteiger partial charge in [-0.1, -0.05) is 0 Å². The average Bonchev–Trinajstić information content (AvgIpc) is 2.47. The van der Waals surface area contributed by atoms with E-state index in [0.717, 1.165) is 23.9 Å². The second-order valence-corrected chi connectivity index (χ2v) is 4.56. The number of hydrogen-bond donors (Lipinski definition) is 2. The Hall–Kier alpha value is 0.390. The standard InChI is InChI=1S/C8H13BrN2S.ClH/c9-6-4-8(12-5-6)7(11)2-1-3-10;/h4-5,7H,1-3,10-11H2;1H/t7-;/m0./s1. The summed E-state index contributed by atoms with van der Waals surface area (Å²) in [5.41, 5.74) is 11.3. The Balaban J connectivity index is 0.00000144. The van der Waals surface area contributed by atoms with E-state index < -0.39 is 0 Å². The van der Waals surface area contributed by atoms with Crippen LogP contribution >= 0.6 is 39.7 Å². The van der Waals surface area contributed by atoms with Crippen molar-refractivity contribution in [3.63, 3.8) is 0 Å². The summed E-state index contributed by atoms with van der Waals surface area (Å²) in [6.45, 7) is 0.722. The van der Waals surface area contributed by atoms with Crippen molar-refractivity contribution in [3.8, 4) is 0 Å². The van der Waals surface area contributed by atoms with Gasteiger partial charge < -0.3 is 11.5 Å². The molecule has 76 valence electrons. The summed E-state index contributed by atoms with van der Waals surface area (Å²) in [7, 11) is 0. The van der Waals surface area contributed by atoms with E-state index in [0.29, 0.717) is 0 Å².